The molecule has 0 spiro atoms. The maximum Gasteiger partial charge on any atom is 0.226 e. The van der Waals surface area contributed by atoms with E-state index in [9.17, 15) is 13.6 Å². The Hall–Kier alpha value is -2.24. The fraction of sp³-hybridized carbons (Fsp3) is 0.167. The number of nitrogens with zero attached hydrogens (tertiary/aromatic N) is 1. The summed E-state index contributed by atoms with van der Waals surface area (Å²) in [7, 11) is 0. The summed E-state index contributed by atoms with van der Waals surface area (Å²) >= 11 is 0. The van der Waals surface area contributed by atoms with Crippen molar-refractivity contribution in [3.05, 3.63) is 47.2 Å². The molecular formula is C12H9F2N3O. The molecule has 2 aromatic rings. The molecule has 0 unspecified atom stereocenters. The minimum Gasteiger partial charge on any atom is -0.311 e. The van der Waals surface area contributed by atoms with Crippen LogP contribution < -0.4 is 5.32 Å². The molecule has 0 saturated carbocycles. The minimum atomic E-state index is -0.651. The second-order valence-corrected chi connectivity index (χ2v) is 4.14. The fourth-order valence-electron chi connectivity index (χ4n) is 2.25. The van der Waals surface area contributed by atoms with Crippen LogP contribution in [0.4, 0.5) is 14.6 Å². The Kier molecular flexibility index (Phi) is 2.36. The van der Waals surface area contributed by atoms with E-state index in [4.69, 9.17) is 0 Å². The van der Waals surface area contributed by atoms with Crippen LogP contribution in [0.25, 0.3) is 0 Å². The standard InChI is InChI=1S/C12H9F2N3O/c13-8-2-1-3-9(14)11(8)6-4-10(18)16-12-7(6)5-15-17-12/h1-3,5-6H,4H2,(H2,15,16,17,18)/t6-/m1/s1. The Bertz CT molecular complexity index is 603. The van der Waals surface area contributed by atoms with Crippen LogP contribution >= 0.6 is 0 Å². The van der Waals surface area contributed by atoms with E-state index in [1.165, 1.54) is 24.4 Å². The maximum absolute atomic E-state index is 13.8. The molecule has 18 heavy (non-hydrogen) atoms. The third kappa shape index (κ3) is 1.57. The molecule has 0 bridgehead atoms. The Labute approximate surface area is 101 Å². The lowest BCUT2D eigenvalue weighted by molar-refractivity contribution is -0.116. The second-order valence-electron chi connectivity index (χ2n) is 4.14. The number of aromatic nitrogens is 2. The lowest BCUT2D eigenvalue weighted by Gasteiger charge is -2.22. The van der Waals surface area contributed by atoms with Crippen LogP contribution in [0.15, 0.2) is 24.4 Å². The number of aromatic amines is 1. The highest BCUT2D eigenvalue weighted by molar-refractivity contribution is 5.94. The summed E-state index contributed by atoms with van der Waals surface area (Å²) in [5, 5.41) is 8.97. The molecule has 0 aliphatic carbocycles. The number of H-pyrrole nitrogens is 1. The zero-order valence-electron chi connectivity index (χ0n) is 9.21. The van der Waals surface area contributed by atoms with Crippen molar-refractivity contribution in [3.8, 4) is 0 Å². The molecule has 2 N–H and O–H groups in total. The molecule has 1 aromatic carbocycles. The van der Waals surface area contributed by atoms with Crippen LogP contribution in [0.5, 0.6) is 0 Å². The molecule has 0 saturated heterocycles. The molecule has 6 heteroatoms. The van der Waals surface area contributed by atoms with Gasteiger partial charge in [0.1, 0.15) is 17.5 Å². The molecular weight excluding hydrogens is 240 g/mol. The van der Waals surface area contributed by atoms with Gasteiger partial charge in [-0.1, -0.05) is 6.07 Å². The van der Waals surface area contributed by atoms with Gasteiger partial charge in [-0.05, 0) is 12.1 Å². The van der Waals surface area contributed by atoms with Gasteiger partial charge in [0, 0.05) is 23.5 Å². The average Bonchev–Trinajstić information content (AvgIpc) is 2.76. The largest absolute Gasteiger partial charge is 0.311 e. The third-order valence-corrected chi connectivity index (χ3v) is 3.05. The van der Waals surface area contributed by atoms with Crippen molar-refractivity contribution in [1.82, 2.24) is 10.2 Å². The van der Waals surface area contributed by atoms with E-state index in [-0.39, 0.29) is 17.9 Å². The molecule has 2 heterocycles. The van der Waals surface area contributed by atoms with Crippen molar-refractivity contribution in [2.24, 2.45) is 0 Å². The van der Waals surface area contributed by atoms with Crippen LogP contribution in [-0.4, -0.2) is 16.1 Å². The smallest absolute Gasteiger partial charge is 0.226 e. The van der Waals surface area contributed by atoms with Gasteiger partial charge >= 0.3 is 0 Å². The highest BCUT2D eigenvalue weighted by Crippen LogP contribution is 2.37. The van der Waals surface area contributed by atoms with E-state index in [1.807, 2.05) is 0 Å². The van der Waals surface area contributed by atoms with Crippen molar-refractivity contribution in [2.75, 3.05) is 5.32 Å². The van der Waals surface area contributed by atoms with Crippen molar-refractivity contribution in [2.45, 2.75) is 12.3 Å². The number of rotatable bonds is 1. The van der Waals surface area contributed by atoms with Gasteiger partial charge in [-0.3, -0.25) is 9.89 Å². The number of carbonyl (C=O) groups excluding carboxylic acids is 1. The molecule has 92 valence electrons. The summed E-state index contributed by atoms with van der Waals surface area (Å²) in [5.41, 5.74) is 0.508. The van der Waals surface area contributed by atoms with Crippen LogP contribution in [0, 0.1) is 11.6 Å². The Balaban J connectivity index is 2.16. The molecule has 1 aliphatic heterocycles. The Morgan fingerprint density at radius 1 is 1.28 bits per heavy atom. The first-order chi connectivity index (χ1) is 8.66. The number of hydrogen-bond donors (Lipinski definition) is 2. The van der Waals surface area contributed by atoms with Crippen LogP contribution in [-0.2, 0) is 4.79 Å². The van der Waals surface area contributed by atoms with E-state index < -0.39 is 17.6 Å². The number of amides is 1. The average molecular weight is 249 g/mol. The van der Waals surface area contributed by atoms with Crippen molar-refractivity contribution < 1.29 is 13.6 Å². The van der Waals surface area contributed by atoms with Crippen molar-refractivity contribution in [1.29, 1.82) is 0 Å². The van der Waals surface area contributed by atoms with Crippen LogP contribution in [0.1, 0.15) is 23.5 Å². The van der Waals surface area contributed by atoms with Gasteiger partial charge in [0.15, 0.2) is 0 Å². The Morgan fingerprint density at radius 3 is 2.72 bits per heavy atom. The monoisotopic (exact) mass is 249 g/mol. The minimum absolute atomic E-state index is 0.00435. The fourth-order valence-corrected chi connectivity index (χ4v) is 2.25. The molecule has 1 amide bonds. The number of nitrogens with one attached hydrogen (secondary N) is 2. The van der Waals surface area contributed by atoms with Gasteiger partial charge in [-0.15, -0.1) is 0 Å². The van der Waals surface area contributed by atoms with E-state index in [0.29, 0.717) is 11.4 Å². The summed E-state index contributed by atoms with van der Waals surface area (Å²) in [6.45, 7) is 0. The van der Waals surface area contributed by atoms with E-state index >= 15 is 0 Å². The normalized spacial score (nSPS) is 18.3. The number of fused-ring (bicyclic) bond motifs is 1. The zero-order chi connectivity index (χ0) is 12.7. The first-order valence-corrected chi connectivity index (χ1v) is 5.44. The molecule has 0 fully saturated rings. The van der Waals surface area contributed by atoms with Crippen LogP contribution in [0.3, 0.4) is 0 Å². The first kappa shape index (κ1) is 10.9. The number of carbonyl (C=O) groups is 1. The van der Waals surface area contributed by atoms with E-state index in [1.54, 1.807) is 0 Å². The van der Waals surface area contributed by atoms with Gasteiger partial charge in [-0.2, -0.15) is 5.10 Å². The first-order valence-electron chi connectivity index (χ1n) is 5.44. The SMILES string of the molecule is O=C1C[C@@H](c2c(F)cccc2F)c2cn[nH]c2N1. The third-order valence-electron chi connectivity index (χ3n) is 3.05. The molecule has 4 nitrogen and oxygen atoms in total. The number of halogens is 2. The molecule has 0 radical (unpaired) electrons. The van der Waals surface area contributed by atoms with Gasteiger partial charge in [-0.25, -0.2) is 8.78 Å². The van der Waals surface area contributed by atoms with Gasteiger partial charge in [0.25, 0.3) is 0 Å². The second kappa shape index (κ2) is 3.90. The number of anilines is 1. The predicted molar refractivity (Wildman–Crippen MR) is 60.0 cm³/mol. The highest BCUT2D eigenvalue weighted by atomic mass is 19.1. The van der Waals surface area contributed by atoms with Gasteiger partial charge in [0.2, 0.25) is 5.91 Å². The van der Waals surface area contributed by atoms with Crippen LogP contribution in [0.2, 0.25) is 0 Å². The summed E-state index contributed by atoms with van der Waals surface area (Å²) in [6.07, 6.45) is 1.48. The quantitative estimate of drug-likeness (QED) is 0.813. The predicted octanol–water partition coefficient (Wildman–Crippen LogP) is 2.16. The summed E-state index contributed by atoms with van der Waals surface area (Å²) < 4.78 is 27.5. The van der Waals surface area contributed by atoms with E-state index in [0.717, 1.165) is 0 Å². The summed E-state index contributed by atoms with van der Waals surface area (Å²) in [5.74, 6) is -1.84. The van der Waals surface area contributed by atoms with Gasteiger partial charge in [0.05, 0.1) is 6.20 Å². The van der Waals surface area contributed by atoms with Crippen molar-refractivity contribution in [3.63, 3.8) is 0 Å². The molecule has 1 aromatic heterocycles. The molecule has 3 rings (SSSR count). The maximum atomic E-state index is 13.8. The highest BCUT2D eigenvalue weighted by Gasteiger charge is 2.31. The van der Waals surface area contributed by atoms with Gasteiger partial charge < -0.3 is 5.32 Å². The summed E-state index contributed by atoms with van der Waals surface area (Å²) in [4.78, 5) is 11.5. The zero-order valence-corrected chi connectivity index (χ0v) is 9.21. The summed E-state index contributed by atoms with van der Waals surface area (Å²) in [6, 6.07) is 3.67. The number of hydrogen-bond acceptors (Lipinski definition) is 2. The molecule has 1 aliphatic rings. The van der Waals surface area contributed by atoms with Crippen molar-refractivity contribution >= 4 is 11.7 Å². The lowest BCUT2D eigenvalue weighted by Crippen LogP contribution is -2.24. The van der Waals surface area contributed by atoms with E-state index in [2.05, 4.69) is 15.5 Å². The number of benzene rings is 1. The lowest BCUT2D eigenvalue weighted by atomic mass is 9.87. The molecule has 1 atom stereocenters. The topological polar surface area (TPSA) is 57.8 Å². The Morgan fingerprint density at radius 2 is 2.00 bits per heavy atom.